The van der Waals surface area contributed by atoms with Crippen LogP contribution in [0, 0.1) is 0 Å². The summed E-state index contributed by atoms with van der Waals surface area (Å²) in [5.41, 5.74) is 13.5. The van der Waals surface area contributed by atoms with Gasteiger partial charge >= 0.3 is 0 Å². The first-order chi connectivity index (χ1) is 29.7. The van der Waals surface area contributed by atoms with Gasteiger partial charge in [0.2, 0.25) is 0 Å². The van der Waals surface area contributed by atoms with E-state index in [1.807, 2.05) is 66.7 Å². The van der Waals surface area contributed by atoms with Gasteiger partial charge in [-0.2, -0.15) is 4.80 Å². The van der Waals surface area contributed by atoms with Crippen LogP contribution in [0.1, 0.15) is 0 Å². The third kappa shape index (κ3) is 5.73. The molecular formula is C54H33N5O. The van der Waals surface area contributed by atoms with Crippen molar-refractivity contribution in [3.8, 4) is 61.8 Å². The highest BCUT2D eigenvalue weighted by atomic mass is 16.3. The zero-order chi connectivity index (χ0) is 39.6. The summed E-state index contributed by atoms with van der Waals surface area (Å²) >= 11 is 0. The number of aromatic nitrogens is 5. The number of hydrogen-bond acceptors (Lipinski definition) is 5. The van der Waals surface area contributed by atoms with Gasteiger partial charge in [0.05, 0.1) is 17.1 Å². The Morgan fingerprint density at radius 2 is 1.03 bits per heavy atom. The highest BCUT2D eigenvalue weighted by molar-refractivity contribution is 6.18. The fourth-order valence-electron chi connectivity index (χ4n) is 8.56. The molecule has 6 nitrogen and oxygen atoms in total. The number of rotatable bonds is 6. The topological polar surface area (TPSA) is 69.6 Å². The smallest absolute Gasteiger partial charge is 0.160 e. The Morgan fingerprint density at radius 3 is 1.88 bits per heavy atom. The van der Waals surface area contributed by atoms with Gasteiger partial charge in [0.1, 0.15) is 22.2 Å². The van der Waals surface area contributed by atoms with Crippen molar-refractivity contribution >= 4 is 54.5 Å². The van der Waals surface area contributed by atoms with E-state index in [1.165, 1.54) is 11.1 Å². The second-order valence-electron chi connectivity index (χ2n) is 15.1. The van der Waals surface area contributed by atoms with Gasteiger partial charge in [0.25, 0.3) is 0 Å². The van der Waals surface area contributed by atoms with Crippen molar-refractivity contribution in [1.82, 2.24) is 25.0 Å². The first kappa shape index (κ1) is 33.9. The summed E-state index contributed by atoms with van der Waals surface area (Å²) < 4.78 is 6.34. The van der Waals surface area contributed by atoms with Gasteiger partial charge in [0, 0.05) is 32.8 Å². The standard InChI is InChI=1S/C54H33N5O/c1-3-12-34(13-4-1)36-14-9-15-37(30-36)38-16-10-17-40(31-38)47-33-48(44-21-11-23-50-52(44)45-20-7-8-22-49(45)60-50)56-54(55-47)41-26-28-43-39(32-41)25-24-35-27-29-46-53(51(35)43)58-59(57-46)42-18-5-2-6-19-42/h1-33H. The maximum atomic E-state index is 6.34. The molecule has 0 aliphatic heterocycles. The summed E-state index contributed by atoms with van der Waals surface area (Å²) in [6.45, 7) is 0. The zero-order valence-electron chi connectivity index (χ0n) is 32.2. The molecule has 0 radical (unpaired) electrons. The minimum atomic E-state index is 0.638. The molecule has 60 heavy (non-hydrogen) atoms. The molecule has 280 valence electrons. The number of hydrogen-bond donors (Lipinski definition) is 0. The van der Waals surface area contributed by atoms with E-state index < -0.39 is 0 Å². The molecule has 0 amide bonds. The van der Waals surface area contributed by atoms with E-state index in [9.17, 15) is 0 Å². The molecule has 6 heteroatoms. The van der Waals surface area contributed by atoms with E-state index in [2.05, 4.69) is 133 Å². The molecular weight excluding hydrogens is 735 g/mol. The van der Waals surface area contributed by atoms with Crippen LogP contribution in [0.5, 0.6) is 0 Å². The fraction of sp³-hybridized carbons (Fsp3) is 0. The zero-order valence-corrected chi connectivity index (χ0v) is 32.2. The molecule has 0 aliphatic carbocycles. The number of benzene rings is 9. The average molecular weight is 768 g/mol. The minimum Gasteiger partial charge on any atom is -0.456 e. The second-order valence-corrected chi connectivity index (χ2v) is 15.1. The molecule has 0 saturated carbocycles. The number of nitrogens with zero attached hydrogens (tertiary/aromatic N) is 5. The molecule has 3 heterocycles. The molecule has 3 aromatic heterocycles. The molecule has 0 unspecified atom stereocenters. The molecule has 12 aromatic rings. The predicted octanol–water partition coefficient (Wildman–Crippen LogP) is 13.8. The monoisotopic (exact) mass is 767 g/mol. The van der Waals surface area contributed by atoms with E-state index in [0.717, 1.165) is 99.4 Å². The van der Waals surface area contributed by atoms with E-state index in [0.29, 0.717) is 5.82 Å². The highest BCUT2D eigenvalue weighted by Crippen LogP contribution is 2.39. The Morgan fingerprint density at radius 1 is 0.383 bits per heavy atom. The molecule has 0 atom stereocenters. The van der Waals surface area contributed by atoms with E-state index in [4.69, 9.17) is 24.6 Å². The number of para-hydroxylation sites is 2. The molecule has 0 spiro atoms. The van der Waals surface area contributed by atoms with Crippen LogP contribution in [0.3, 0.4) is 0 Å². The maximum Gasteiger partial charge on any atom is 0.160 e. The molecule has 9 aromatic carbocycles. The third-order valence-corrected chi connectivity index (χ3v) is 11.5. The van der Waals surface area contributed by atoms with Gasteiger partial charge in [0.15, 0.2) is 5.82 Å². The maximum absolute atomic E-state index is 6.34. The Hall–Kier alpha value is -8.22. The van der Waals surface area contributed by atoms with Crippen LogP contribution in [0.15, 0.2) is 205 Å². The normalized spacial score (nSPS) is 11.7. The van der Waals surface area contributed by atoms with Gasteiger partial charge in [-0.3, -0.25) is 0 Å². The van der Waals surface area contributed by atoms with Gasteiger partial charge < -0.3 is 4.42 Å². The number of furan rings is 1. The Labute approximate surface area is 344 Å². The summed E-state index contributed by atoms with van der Waals surface area (Å²) in [5.74, 6) is 0.638. The van der Waals surface area contributed by atoms with Crippen molar-refractivity contribution in [3.63, 3.8) is 0 Å². The lowest BCUT2D eigenvalue weighted by Crippen LogP contribution is -1.97. The first-order valence-electron chi connectivity index (χ1n) is 20.0. The van der Waals surface area contributed by atoms with Crippen molar-refractivity contribution in [3.05, 3.63) is 200 Å². The quantitative estimate of drug-likeness (QED) is 0.158. The van der Waals surface area contributed by atoms with Crippen LogP contribution in [0.25, 0.3) is 116 Å². The SMILES string of the molecule is c1ccc(-c2cccc(-c3cccc(-c4cc(-c5cccc6oc7ccccc7c56)nc(-c5ccc6c(ccc7ccc8nn(-c9ccccc9)nc8c76)c5)n4)c3)c2)cc1. The highest BCUT2D eigenvalue weighted by Gasteiger charge is 2.18. The first-order valence-corrected chi connectivity index (χ1v) is 20.0. The second kappa shape index (κ2) is 13.7. The Kier molecular flexibility index (Phi) is 7.74. The Balaban J connectivity index is 1.03. The largest absolute Gasteiger partial charge is 0.456 e. The van der Waals surface area contributed by atoms with Gasteiger partial charge in [-0.15, -0.1) is 10.2 Å². The number of fused-ring (bicyclic) bond motifs is 8. The van der Waals surface area contributed by atoms with Crippen molar-refractivity contribution in [2.24, 2.45) is 0 Å². The molecule has 0 N–H and O–H groups in total. The van der Waals surface area contributed by atoms with Crippen molar-refractivity contribution in [1.29, 1.82) is 0 Å². The van der Waals surface area contributed by atoms with E-state index in [-0.39, 0.29) is 0 Å². The van der Waals surface area contributed by atoms with Crippen molar-refractivity contribution < 1.29 is 4.42 Å². The average Bonchev–Trinajstić information content (AvgIpc) is 3.94. The molecule has 0 bridgehead atoms. The van der Waals surface area contributed by atoms with Crippen LogP contribution in [-0.4, -0.2) is 25.0 Å². The Bertz CT molecular complexity index is 3610. The van der Waals surface area contributed by atoms with Crippen molar-refractivity contribution in [2.45, 2.75) is 0 Å². The van der Waals surface area contributed by atoms with Crippen LogP contribution in [-0.2, 0) is 0 Å². The summed E-state index contributed by atoms with van der Waals surface area (Å²) in [6, 6.07) is 69.4. The lowest BCUT2D eigenvalue weighted by atomic mass is 9.96. The predicted molar refractivity (Wildman–Crippen MR) is 244 cm³/mol. The van der Waals surface area contributed by atoms with Crippen LogP contribution in [0.2, 0.25) is 0 Å². The van der Waals surface area contributed by atoms with Crippen LogP contribution < -0.4 is 0 Å². The summed E-state index contributed by atoms with van der Waals surface area (Å²) in [7, 11) is 0. The van der Waals surface area contributed by atoms with Crippen LogP contribution in [0.4, 0.5) is 0 Å². The van der Waals surface area contributed by atoms with E-state index >= 15 is 0 Å². The summed E-state index contributed by atoms with van der Waals surface area (Å²) in [5, 5.41) is 16.3. The fourth-order valence-corrected chi connectivity index (χ4v) is 8.56. The summed E-state index contributed by atoms with van der Waals surface area (Å²) in [6.07, 6.45) is 0. The van der Waals surface area contributed by atoms with Gasteiger partial charge in [-0.1, -0.05) is 146 Å². The lowest BCUT2D eigenvalue weighted by molar-refractivity contribution is 0.669. The van der Waals surface area contributed by atoms with Gasteiger partial charge in [-0.25, -0.2) is 9.97 Å². The summed E-state index contributed by atoms with van der Waals surface area (Å²) in [4.78, 5) is 12.4. The molecule has 12 rings (SSSR count). The van der Waals surface area contributed by atoms with Gasteiger partial charge in [-0.05, 0) is 93.0 Å². The van der Waals surface area contributed by atoms with Crippen LogP contribution >= 0.6 is 0 Å². The van der Waals surface area contributed by atoms with Crippen molar-refractivity contribution in [2.75, 3.05) is 0 Å². The van der Waals surface area contributed by atoms with E-state index in [1.54, 1.807) is 4.80 Å². The molecule has 0 fully saturated rings. The minimum absolute atomic E-state index is 0.638. The lowest BCUT2D eigenvalue weighted by Gasteiger charge is -2.12. The third-order valence-electron chi connectivity index (χ3n) is 11.5. The molecule has 0 aliphatic rings. The molecule has 0 saturated heterocycles.